The van der Waals surface area contributed by atoms with E-state index >= 15 is 0 Å². The Hall–Kier alpha value is -2.74. The van der Waals surface area contributed by atoms with Crippen LogP contribution in [-0.2, 0) is 0 Å². The Labute approximate surface area is 197 Å². The summed E-state index contributed by atoms with van der Waals surface area (Å²) in [5, 5.41) is 7.90. The van der Waals surface area contributed by atoms with Gasteiger partial charge in [-0.1, -0.05) is 19.9 Å². The Morgan fingerprint density at radius 1 is 1.22 bits per heavy atom. The molecule has 1 atom stereocenters. The number of nitrogens with one attached hydrogen (secondary N) is 1. The van der Waals surface area contributed by atoms with Gasteiger partial charge in [0.2, 0.25) is 5.95 Å². The van der Waals surface area contributed by atoms with Crippen LogP contribution < -0.4 is 5.32 Å². The third kappa shape index (κ3) is 4.70. The van der Waals surface area contributed by atoms with E-state index in [4.69, 9.17) is 0 Å². The molecule has 1 aliphatic rings. The van der Waals surface area contributed by atoms with Crippen LogP contribution in [0.25, 0.3) is 5.69 Å². The molecule has 1 amide bonds. The predicted molar refractivity (Wildman–Crippen MR) is 129 cm³/mol. The standard InChI is InChI=1S/C24H29BrN6O/c1-16-11-17(2)31(29-16)20-8-5-7-18(12-20)22(32)30-10-6-9-24(3,4)21(30)15-28-23-26-13-19(25)14-27-23/h5,7-8,11-14,21H,6,9-10,15H2,1-4H3,(H,26,27,28). The molecule has 0 saturated carbocycles. The highest BCUT2D eigenvalue weighted by atomic mass is 79.9. The second-order valence-electron chi connectivity index (χ2n) is 9.10. The van der Waals surface area contributed by atoms with Crippen molar-refractivity contribution in [2.45, 2.75) is 46.6 Å². The van der Waals surface area contributed by atoms with Crippen LogP contribution in [0.1, 0.15) is 48.4 Å². The molecular formula is C24H29BrN6O. The van der Waals surface area contributed by atoms with Gasteiger partial charge >= 0.3 is 0 Å². The van der Waals surface area contributed by atoms with Gasteiger partial charge in [0.15, 0.2) is 0 Å². The van der Waals surface area contributed by atoms with Gasteiger partial charge in [0, 0.05) is 36.7 Å². The van der Waals surface area contributed by atoms with Crippen molar-refractivity contribution in [2.75, 3.05) is 18.4 Å². The van der Waals surface area contributed by atoms with Crippen LogP contribution >= 0.6 is 15.9 Å². The van der Waals surface area contributed by atoms with Gasteiger partial charge < -0.3 is 10.2 Å². The van der Waals surface area contributed by atoms with Crippen LogP contribution in [0.4, 0.5) is 5.95 Å². The molecule has 3 aromatic rings. The Balaban J connectivity index is 1.58. The minimum absolute atomic E-state index is 0.0216. The molecule has 32 heavy (non-hydrogen) atoms. The van der Waals surface area contributed by atoms with Crippen molar-refractivity contribution >= 4 is 27.8 Å². The second-order valence-corrected chi connectivity index (χ2v) is 10.0. The lowest BCUT2D eigenvalue weighted by Gasteiger charge is -2.46. The molecule has 1 N–H and O–H groups in total. The molecule has 1 aromatic carbocycles. The van der Waals surface area contributed by atoms with E-state index in [1.807, 2.05) is 53.8 Å². The first-order valence-electron chi connectivity index (χ1n) is 10.9. The van der Waals surface area contributed by atoms with Crippen molar-refractivity contribution in [3.63, 3.8) is 0 Å². The number of anilines is 1. The van der Waals surface area contributed by atoms with Crippen LogP contribution in [0, 0.1) is 19.3 Å². The average molecular weight is 497 g/mol. The van der Waals surface area contributed by atoms with Gasteiger partial charge in [0.05, 0.1) is 21.9 Å². The topological polar surface area (TPSA) is 75.9 Å². The highest BCUT2D eigenvalue weighted by Crippen LogP contribution is 2.36. The first-order valence-corrected chi connectivity index (χ1v) is 11.7. The van der Waals surface area contributed by atoms with Crippen molar-refractivity contribution < 1.29 is 4.79 Å². The summed E-state index contributed by atoms with van der Waals surface area (Å²) in [6, 6.07) is 9.80. The number of aryl methyl sites for hydroxylation is 2. The molecule has 7 nitrogen and oxygen atoms in total. The summed E-state index contributed by atoms with van der Waals surface area (Å²) in [7, 11) is 0. The zero-order valence-corrected chi connectivity index (χ0v) is 20.6. The summed E-state index contributed by atoms with van der Waals surface area (Å²) in [5.74, 6) is 0.609. The molecule has 0 spiro atoms. The Kier molecular flexibility index (Phi) is 6.33. The van der Waals surface area contributed by atoms with E-state index in [0.717, 1.165) is 40.9 Å². The molecule has 0 aliphatic carbocycles. The van der Waals surface area contributed by atoms with Crippen LogP contribution in [-0.4, -0.2) is 49.7 Å². The lowest BCUT2D eigenvalue weighted by molar-refractivity contribution is 0.0319. The van der Waals surface area contributed by atoms with Crippen LogP contribution in [0.5, 0.6) is 0 Å². The number of piperidine rings is 1. The van der Waals surface area contributed by atoms with E-state index in [1.54, 1.807) is 12.4 Å². The van der Waals surface area contributed by atoms with Crippen LogP contribution in [0.15, 0.2) is 47.2 Å². The van der Waals surface area contributed by atoms with Gasteiger partial charge in [-0.3, -0.25) is 4.79 Å². The lowest BCUT2D eigenvalue weighted by atomic mass is 9.76. The van der Waals surface area contributed by atoms with Crippen LogP contribution in [0.3, 0.4) is 0 Å². The number of benzene rings is 1. The van der Waals surface area contributed by atoms with Crippen molar-refractivity contribution in [3.8, 4) is 5.69 Å². The number of halogens is 1. The Morgan fingerprint density at radius 3 is 2.66 bits per heavy atom. The number of rotatable bonds is 5. The minimum Gasteiger partial charge on any atom is -0.352 e. The number of hydrogen-bond donors (Lipinski definition) is 1. The third-order valence-corrected chi connectivity index (χ3v) is 6.59. The van der Waals surface area contributed by atoms with Gasteiger partial charge in [0.1, 0.15) is 0 Å². The normalized spacial score (nSPS) is 17.9. The maximum atomic E-state index is 13.7. The van der Waals surface area contributed by atoms with E-state index in [0.29, 0.717) is 18.1 Å². The van der Waals surface area contributed by atoms with Crippen LogP contribution in [0.2, 0.25) is 0 Å². The first-order chi connectivity index (χ1) is 15.2. The predicted octanol–water partition coefficient (Wildman–Crippen LogP) is 4.78. The largest absolute Gasteiger partial charge is 0.352 e. The maximum absolute atomic E-state index is 13.7. The summed E-state index contributed by atoms with van der Waals surface area (Å²) < 4.78 is 2.72. The van der Waals surface area contributed by atoms with E-state index in [9.17, 15) is 4.79 Å². The Morgan fingerprint density at radius 2 is 1.97 bits per heavy atom. The molecule has 1 fully saturated rings. The van der Waals surface area contributed by atoms with Gasteiger partial charge in [-0.2, -0.15) is 5.10 Å². The van der Waals surface area contributed by atoms with Gasteiger partial charge in [-0.15, -0.1) is 0 Å². The Bertz CT molecular complexity index is 1110. The summed E-state index contributed by atoms with van der Waals surface area (Å²) >= 11 is 3.36. The molecule has 1 unspecified atom stereocenters. The van der Waals surface area contributed by atoms with E-state index in [2.05, 4.69) is 50.2 Å². The fourth-order valence-electron chi connectivity index (χ4n) is 4.50. The average Bonchev–Trinajstić information content (AvgIpc) is 3.11. The fraction of sp³-hybridized carbons (Fsp3) is 0.417. The lowest BCUT2D eigenvalue weighted by Crippen LogP contribution is -2.55. The number of aromatic nitrogens is 4. The SMILES string of the molecule is Cc1cc(C)n(-c2cccc(C(=O)N3CCCC(C)(C)C3CNc3ncc(Br)cn3)c2)n1. The molecule has 0 radical (unpaired) electrons. The molecule has 2 aromatic heterocycles. The van der Waals surface area contributed by atoms with Gasteiger partial charge in [-0.25, -0.2) is 14.6 Å². The summed E-state index contributed by atoms with van der Waals surface area (Å²) in [4.78, 5) is 24.3. The number of nitrogens with zero attached hydrogens (tertiary/aromatic N) is 5. The minimum atomic E-state index is -0.0242. The smallest absolute Gasteiger partial charge is 0.254 e. The zero-order chi connectivity index (χ0) is 22.9. The molecule has 1 saturated heterocycles. The number of amides is 1. The number of carbonyl (C=O) groups excluding carboxylic acids is 1. The van der Waals surface area contributed by atoms with E-state index in [1.165, 1.54) is 0 Å². The first kappa shape index (κ1) is 22.5. The molecule has 4 rings (SSSR count). The summed E-state index contributed by atoms with van der Waals surface area (Å²) in [6.45, 7) is 9.78. The fourth-order valence-corrected chi connectivity index (χ4v) is 4.70. The summed E-state index contributed by atoms with van der Waals surface area (Å²) in [6.07, 6.45) is 5.49. The quantitative estimate of drug-likeness (QED) is 0.549. The van der Waals surface area contributed by atoms with E-state index < -0.39 is 0 Å². The number of hydrogen-bond acceptors (Lipinski definition) is 5. The van der Waals surface area contributed by atoms with Crippen molar-refractivity contribution in [1.82, 2.24) is 24.6 Å². The number of likely N-dealkylation sites (tertiary alicyclic amines) is 1. The second kappa shape index (κ2) is 9.02. The number of carbonyl (C=O) groups is 1. The van der Waals surface area contributed by atoms with E-state index in [-0.39, 0.29) is 17.4 Å². The molecular weight excluding hydrogens is 468 g/mol. The van der Waals surface area contributed by atoms with Gasteiger partial charge in [-0.05, 0) is 72.3 Å². The van der Waals surface area contributed by atoms with Gasteiger partial charge in [0.25, 0.3) is 5.91 Å². The third-order valence-electron chi connectivity index (χ3n) is 6.18. The molecule has 8 heteroatoms. The monoisotopic (exact) mass is 496 g/mol. The maximum Gasteiger partial charge on any atom is 0.254 e. The van der Waals surface area contributed by atoms with Crippen molar-refractivity contribution in [1.29, 1.82) is 0 Å². The highest BCUT2D eigenvalue weighted by molar-refractivity contribution is 9.10. The van der Waals surface area contributed by atoms with Crippen molar-refractivity contribution in [3.05, 3.63) is 64.1 Å². The van der Waals surface area contributed by atoms with Crippen molar-refractivity contribution in [2.24, 2.45) is 5.41 Å². The molecule has 168 valence electrons. The molecule has 0 bridgehead atoms. The molecule has 3 heterocycles. The molecule has 1 aliphatic heterocycles. The summed E-state index contributed by atoms with van der Waals surface area (Å²) in [5.41, 5.74) is 3.55. The highest BCUT2D eigenvalue weighted by Gasteiger charge is 2.40. The zero-order valence-electron chi connectivity index (χ0n) is 19.0.